The molecule has 0 aliphatic heterocycles. The van der Waals surface area contributed by atoms with E-state index in [0.717, 1.165) is 5.56 Å². The average molecular weight is 343 g/mol. The lowest BCUT2D eigenvalue weighted by molar-refractivity contribution is -0.121. The van der Waals surface area contributed by atoms with E-state index < -0.39 is 5.76 Å². The SMILES string of the molecule is CC[C@H](Cn1c(=O)oc2cccnc21)NC(=O)Cc1ccc(F)cc1. The zero-order valence-corrected chi connectivity index (χ0v) is 13.7. The lowest BCUT2D eigenvalue weighted by atomic mass is 10.1. The third-order valence-electron chi connectivity index (χ3n) is 3.96. The van der Waals surface area contributed by atoms with Crippen molar-refractivity contribution < 1.29 is 13.6 Å². The first-order valence-electron chi connectivity index (χ1n) is 8.05. The van der Waals surface area contributed by atoms with Crippen LogP contribution in [0, 0.1) is 5.82 Å². The van der Waals surface area contributed by atoms with E-state index in [-0.39, 0.29) is 30.7 Å². The van der Waals surface area contributed by atoms with Gasteiger partial charge >= 0.3 is 5.76 Å². The Balaban J connectivity index is 1.69. The molecule has 1 amide bonds. The maximum atomic E-state index is 12.9. The highest BCUT2D eigenvalue weighted by Gasteiger charge is 2.16. The van der Waals surface area contributed by atoms with Crippen molar-refractivity contribution in [1.29, 1.82) is 0 Å². The van der Waals surface area contributed by atoms with Crippen molar-refractivity contribution in [2.24, 2.45) is 0 Å². The van der Waals surface area contributed by atoms with E-state index in [2.05, 4.69) is 10.3 Å². The number of nitrogens with zero attached hydrogens (tertiary/aromatic N) is 2. The van der Waals surface area contributed by atoms with E-state index in [1.54, 1.807) is 30.5 Å². The molecular weight excluding hydrogens is 325 g/mol. The number of carbonyl (C=O) groups excluding carboxylic acids is 1. The highest BCUT2D eigenvalue weighted by molar-refractivity contribution is 5.78. The summed E-state index contributed by atoms with van der Waals surface area (Å²) in [7, 11) is 0. The van der Waals surface area contributed by atoms with Crippen molar-refractivity contribution in [2.75, 3.05) is 0 Å². The maximum absolute atomic E-state index is 12.9. The number of aromatic nitrogens is 2. The summed E-state index contributed by atoms with van der Waals surface area (Å²) in [6, 6.07) is 8.92. The predicted octanol–water partition coefficient (Wildman–Crippen LogP) is 2.27. The number of nitrogens with one attached hydrogen (secondary N) is 1. The molecule has 7 heteroatoms. The van der Waals surface area contributed by atoms with Crippen molar-refractivity contribution in [3.05, 3.63) is 64.5 Å². The van der Waals surface area contributed by atoms with Crippen molar-refractivity contribution in [2.45, 2.75) is 32.4 Å². The van der Waals surface area contributed by atoms with E-state index in [1.807, 2.05) is 6.92 Å². The molecular formula is C18H18FN3O3. The van der Waals surface area contributed by atoms with Gasteiger partial charge in [0.05, 0.1) is 13.0 Å². The third kappa shape index (κ3) is 3.93. The first-order chi connectivity index (χ1) is 12.1. The molecule has 1 atom stereocenters. The summed E-state index contributed by atoms with van der Waals surface area (Å²) in [5.74, 6) is -1.03. The molecule has 0 fully saturated rings. The van der Waals surface area contributed by atoms with Gasteiger partial charge in [-0.15, -0.1) is 0 Å². The second-order valence-corrected chi connectivity index (χ2v) is 5.78. The van der Waals surface area contributed by atoms with Crippen LogP contribution in [0.4, 0.5) is 4.39 Å². The zero-order valence-electron chi connectivity index (χ0n) is 13.7. The fourth-order valence-corrected chi connectivity index (χ4v) is 2.62. The molecule has 2 heterocycles. The molecule has 0 saturated carbocycles. The number of oxazole rings is 1. The van der Waals surface area contributed by atoms with Gasteiger partial charge in [0.1, 0.15) is 5.82 Å². The Kier molecular flexibility index (Phi) is 4.92. The number of amides is 1. The molecule has 1 N–H and O–H groups in total. The van der Waals surface area contributed by atoms with Crippen molar-refractivity contribution in [1.82, 2.24) is 14.9 Å². The topological polar surface area (TPSA) is 77.1 Å². The van der Waals surface area contributed by atoms with E-state index in [9.17, 15) is 14.0 Å². The highest BCUT2D eigenvalue weighted by atomic mass is 19.1. The molecule has 0 bridgehead atoms. The van der Waals surface area contributed by atoms with Crippen LogP contribution in [0.15, 0.2) is 51.8 Å². The molecule has 0 saturated heterocycles. The minimum absolute atomic E-state index is 0.149. The van der Waals surface area contributed by atoms with Gasteiger partial charge in [-0.05, 0) is 36.2 Å². The highest BCUT2D eigenvalue weighted by Crippen LogP contribution is 2.10. The van der Waals surface area contributed by atoms with Crippen LogP contribution >= 0.6 is 0 Å². The molecule has 3 rings (SSSR count). The Morgan fingerprint density at radius 2 is 2.08 bits per heavy atom. The molecule has 0 radical (unpaired) electrons. The van der Waals surface area contributed by atoms with Gasteiger partial charge in [-0.2, -0.15) is 0 Å². The molecule has 1 aromatic carbocycles. The summed E-state index contributed by atoms with van der Waals surface area (Å²) < 4.78 is 19.5. The Morgan fingerprint density at radius 3 is 2.80 bits per heavy atom. The van der Waals surface area contributed by atoms with Crippen LogP contribution in [-0.4, -0.2) is 21.5 Å². The van der Waals surface area contributed by atoms with Gasteiger partial charge < -0.3 is 9.73 Å². The van der Waals surface area contributed by atoms with Crippen LogP contribution < -0.4 is 11.1 Å². The summed E-state index contributed by atoms with van der Waals surface area (Å²) in [5, 5.41) is 2.90. The third-order valence-corrected chi connectivity index (χ3v) is 3.96. The second-order valence-electron chi connectivity index (χ2n) is 5.78. The van der Waals surface area contributed by atoms with E-state index in [1.165, 1.54) is 16.7 Å². The normalized spacial score (nSPS) is 12.2. The number of pyridine rings is 1. The average Bonchev–Trinajstić information content (AvgIpc) is 2.92. The zero-order chi connectivity index (χ0) is 17.8. The van der Waals surface area contributed by atoms with Crippen LogP contribution in [0.2, 0.25) is 0 Å². The molecule has 0 unspecified atom stereocenters. The summed E-state index contributed by atoms with van der Waals surface area (Å²) in [6.45, 7) is 2.19. The number of halogens is 1. The van der Waals surface area contributed by atoms with E-state index in [4.69, 9.17) is 4.42 Å². The van der Waals surface area contributed by atoms with Gasteiger partial charge in [0.25, 0.3) is 0 Å². The molecule has 3 aromatic rings. The minimum atomic E-state index is -0.500. The number of fused-ring (bicyclic) bond motifs is 1. The molecule has 0 aliphatic carbocycles. The molecule has 0 aliphatic rings. The summed E-state index contributed by atoms with van der Waals surface area (Å²) >= 11 is 0. The van der Waals surface area contributed by atoms with Crippen LogP contribution in [0.1, 0.15) is 18.9 Å². The van der Waals surface area contributed by atoms with Crippen molar-refractivity contribution in [3.63, 3.8) is 0 Å². The van der Waals surface area contributed by atoms with Gasteiger partial charge in [0, 0.05) is 12.2 Å². The van der Waals surface area contributed by atoms with Gasteiger partial charge in [0.2, 0.25) is 5.91 Å². The van der Waals surface area contributed by atoms with Gasteiger partial charge in [-0.3, -0.25) is 9.36 Å². The standard InChI is InChI=1S/C18H18FN3O3/c1-2-14(21-16(23)10-12-5-7-13(19)8-6-12)11-22-17-15(25-18(22)24)4-3-9-20-17/h3-9,14H,2,10-11H2,1H3,(H,21,23)/t14-/m1/s1. The Labute approximate surface area is 143 Å². The molecule has 25 heavy (non-hydrogen) atoms. The molecule has 2 aromatic heterocycles. The second kappa shape index (κ2) is 7.29. The van der Waals surface area contributed by atoms with Gasteiger partial charge in [0.15, 0.2) is 11.2 Å². The number of hydrogen-bond acceptors (Lipinski definition) is 4. The van der Waals surface area contributed by atoms with Crippen LogP contribution in [0.25, 0.3) is 11.2 Å². The molecule has 130 valence electrons. The Hall–Kier alpha value is -2.96. The number of benzene rings is 1. The monoisotopic (exact) mass is 343 g/mol. The lowest BCUT2D eigenvalue weighted by Gasteiger charge is -2.17. The lowest BCUT2D eigenvalue weighted by Crippen LogP contribution is -2.40. The van der Waals surface area contributed by atoms with Gasteiger partial charge in [-0.1, -0.05) is 19.1 Å². The van der Waals surface area contributed by atoms with E-state index >= 15 is 0 Å². The predicted molar refractivity (Wildman–Crippen MR) is 90.6 cm³/mol. The summed E-state index contributed by atoms with van der Waals surface area (Å²) in [4.78, 5) is 28.4. The number of rotatable bonds is 6. The summed E-state index contributed by atoms with van der Waals surface area (Å²) in [6.07, 6.45) is 2.37. The first kappa shape index (κ1) is 16.9. The van der Waals surface area contributed by atoms with Crippen molar-refractivity contribution in [3.8, 4) is 0 Å². The maximum Gasteiger partial charge on any atom is 0.421 e. The smallest absolute Gasteiger partial charge is 0.406 e. The fourth-order valence-electron chi connectivity index (χ4n) is 2.62. The largest absolute Gasteiger partial charge is 0.421 e. The first-order valence-corrected chi connectivity index (χ1v) is 8.05. The van der Waals surface area contributed by atoms with E-state index in [0.29, 0.717) is 17.7 Å². The fraction of sp³-hybridized carbons (Fsp3) is 0.278. The van der Waals surface area contributed by atoms with Crippen LogP contribution in [-0.2, 0) is 17.8 Å². The summed E-state index contributed by atoms with van der Waals surface area (Å²) in [5.41, 5.74) is 1.60. The Morgan fingerprint density at radius 1 is 1.32 bits per heavy atom. The van der Waals surface area contributed by atoms with Crippen LogP contribution in [0.5, 0.6) is 0 Å². The van der Waals surface area contributed by atoms with Crippen LogP contribution in [0.3, 0.4) is 0 Å². The Bertz CT molecular complexity index is 931. The minimum Gasteiger partial charge on any atom is -0.406 e. The number of hydrogen-bond donors (Lipinski definition) is 1. The van der Waals surface area contributed by atoms with Gasteiger partial charge in [-0.25, -0.2) is 14.2 Å². The molecule has 6 nitrogen and oxygen atoms in total. The molecule has 0 spiro atoms. The quantitative estimate of drug-likeness (QED) is 0.745. The van der Waals surface area contributed by atoms with Crippen molar-refractivity contribution >= 4 is 17.1 Å². The number of carbonyl (C=O) groups is 1.